The Morgan fingerprint density at radius 3 is 2.79 bits per heavy atom. The summed E-state index contributed by atoms with van der Waals surface area (Å²) < 4.78 is 21.5. The summed E-state index contributed by atoms with van der Waals surface area (Å²) in [5.74, 6) is 0.996. The number of anilines is 1. The van der Waals surface area contributed by atoms with Crippen molar-refractivity contribution in [2.24, 2.45) is 0 Å². The molecule has 0 amide bonds. The molecule has 0 spiro atoms. The van der Waals surface area contributed by atoms with Gasteiger partial charge in [-0.05, 0) is 26.0 Å². The van der Waals surface area contributed by atoms with Gasteiger partial charge in [0, 0.05) is 6.07 Å². The molecular weight excluding hydrogens is 364 g/mol. The number of hydrogen-bond donors (Lipinski definition) is 1. The molecule has 0 fully saturated rings. The number of fused-ring (bicyclic) bond motifs is 1. The van der Waals surface area contributed by atoms with Crippen molar-refractivity contribution < 1.29 is 23.4 Å². The fourth-order valence-corrected chi connectivity index (χ4v) is 2.70. The van der Waals surface area contributed by atoms with E-state index in [9.17, 15) is 4.79 Å². The van der Waals surface area contributed by atoms with Crippen LogP contribution in [-0.2, 0) is 11.3 Å². The molecule has 9 nitrogen and oxygen atoms in total. The molecular formula is C19H18N4O5. The predicted molar refractivity (Wildman–Crippen MR) is 99.0 cm³/mol. The molecule has 0 saturated heterocycles. The molecule has 0 atom stereocenters. The third-order valence-corrected chi connectivity index (χ3v) is 3.93. The number of aromatic nitrogens is 2. The first-order valence-electron chi connectivity index (χ1n) is 8.42. The van der Waals surface area contributed by atoms with E-state index in [1.807, 2.05) is 6.07 Å². The van der Waals surface area contributed by atoms with Gasteiger partial charge in [0.1, 0.15) is 23.7 Å². The van der Waals surface area contributed by atoms with Crippen LogP contribution in [0.3, 0.4) is 0 Å². The number of furan rings is 1. The average molecular weight is 382 g/mol. The van der Waals surface area contributed by atoms with Gasteiger partial charge in [-0.2, -0.15) is 10.2 Å². The molecule has 0 radical (unpaired) electrons. The second-order valence-corrected chi connectivity index (χ2v) is 5.73. The molecule has 0 aliphatic carbocycles. The minimum atomic E-state index is -0.541. The number of rotatable bonds is 6. The van der Waals surface area contributed by atoms with Gasteiger partial charge in [-0.15, -0.1) is 0 Å². The molecule has 0 aliphatic rings. The zero-order valence-corrected chi connectivity index (χ0v) is 15.6. The summed E-state index contributed by atoms with van der Waals surface area (Å²) in [7, 11) is 1.48. The Morgan fingerprint density at radius 2 is 2.11 bits per heavy atom. The molecule has 2 heterocycles. The van der Waals surface area contributed by atoms with Gasteiger partial charge in [0.05, 0.1) is 30.7 Å². The highest BCUT2D eigenvalue weighted by molar-refractivity contribution is 6.07. The zero-order chi connectivity index (χ0) is 20.3. The first kappa shape index (κ1) is 19.0. The van der Waals surface area contributed by atoms with E-state index in [1.165, 1.54) is 7.11 Å². The van der Waals surface area contributed by atoms with Crippen LogP contribution in [0.25, 0.3) is 11.1 Å². The van der Waals surface area contributed by atoms with E-state index in [0.717, 1.165) is 0 Å². The molecule has 2 aromatic heterocycles. The van der Waals surface area contributed by atoms with Crippen LogP contribution in [-0.4, -0.2) is 29.7 Å². The van der Waals surface area contributed by atoms with Crippen molar-refractivity contribution in [2.75, 3.05) is 19.5 Å². The third-order valence-electron chi connectivity index (χ3n) is 3.93. The summed E-state index contributed by atoms with van der Waals surface area (Å²) in [6.07, 6.45) is 0. The number of ether oxygens (including phenoxy) is 3. The topological polar surface area (TPSA) is 133 Å². The molecule has 0 unspecified atom stereocenters. The van der Waals surface area contributed by atoms with Crippen LogP contribution in [0.15, 0.2) is 22.6 Å². The number of nitrogen functional groups attached to an aromatic ring is 1. The summed E-state index contributed by atoms with van der Waals surface area (Å²) in [4.78, 5) is 20.6. The van der Waals surface area contributed by atoms with E-state index in [4.69, 9.17) is 29.6 Å². The van der Waals surface area contributed by atoms with Crippen molar-refractivity contribution in [1.29, 1.82) is 5.26 Å². The number of nitrogens with two attached hydrogens (primary N) is 1. The van der Waals surface area contributed by atoms with Crippen LogP contribution >= 0.6 is 0 Å². The van der Waals surface area contributed by atoms with Crippen molar-refractivity contribution >= 4 is 22.9 Å². The molecule has 0 bridgehead atoms. The van der Waals surface area contributed by atoms with Gasteiger partial charge in [-0.1, -0.05) is 0 Å². The summed E-state index contributed by atoms with van der Waals surface area (Å²) in [5, 5.41) is 9.28. The van der Waals surface area contributed by atoms with Crippen LogP contribution < -0.4 is 15.2 Å². The largest absolute Gasteiger partial charge is 0.493 e. The minimum Gasteiger partial charge on any atom is -0.493 e. The molecule has 28 heavy (non-hydrogen) atoms. The molecule has 3 aromatic rings. The van der Waals surface area contributed by atoms with Gasteiger partial charge in [0.2, 0.25) is 5.71 Å². The summed E-state index contributed by atoms with van der Waals surface area (Å²) >= 11 is 0. The lowest BCUT2D eigenvalue weighted by molar-refractivity contribution is 0.0526. The summed E-state index contributed by atoms with van der Waals surface area (Å²) in [5.41, 5.74) is 6.88. The first-order valence-corrected chi connectivity index (χ1v) is 8.42. The number of esters is 1. The molecule has 9 heteroatoms. The third kappa shape index (κ3) is 3.53. The SMILES string of the molecule is CCOC(=O)c1c(C)oc2nc(COc3ccc(C#N)cc3OC)nc(N)c12. The quantitative estimate of drug-likeness (QED) is 0.639. The number of nitrogens with zero attached hydrogens (tertiary/aromatic N) is 3. The number of nitriles is 1. The van der Waals surface area contributed by atoms with Crippen molar-refractivity contribution in [1.82, 2.24) is 9.97 Å². The normalized spacial score (nSPS) is 10.5. The van der Waals surface area contributed by atoms with Crippen LogP contribution in [0.1, 0.15) is 34.4 Å². The van der Waals surface area contributed by atoms with Crippen molar-refractivity contribution in [3.63, 3.8) is 0 Å². The van der Waals surface area contributed by atoms with E-state index in [0.29, 0.717) is 28.2 Å². The Labute approximate surface area is 160 Å². The molecule has 144 valence electrons. The standard InChI is InChI=1S/C19H18N4O5/c1-4-26-19(24)15-10(2)28-18-16(15)17(21)22-14(23-18)9-27-12-6-5-11(8-20)7-13(12)25-3/h5-7H,4,9H2,1-3H3,(H2,21,22,23). The summed E-state index contributed by atoms with van der Waals surface area (Å²) in [6.45, 7) is 3.55. The van der Waals surface area contributed by atoms with E-state index in [-0.39, 0.29) is 36.1 Å². The molecule has 1 aromatic carbocycles. The van der Waals surface area contributed by atoms with Crippen molar-refractivity contribution in [3.8, 4) is 17.6 Å². The van der Waals surface area contributed by atoms with Crippen molar-refractivity contribution in [2.45, 2.75) is 20.5 Å². The smallest absolute Gasteiger partial charge is 0.342 e. The minimum absolute atomic E-state index is 0.0170. The van der Waals surface area contributed by atoms with Gasteiger partial charge in [-0.25, -0.2) is 9.78 Å². The van der Waals surface area contributed by atoms with Crippen LogP contribution in [0.4, 0.5) is 5.82 Å². The van der Waals surface area contributed by atoms with E-state index >= 15 is 0 Å². The maximum atomic E-state index is 12.2. The van der Waals surface area contributed by atoms with Gasteiger partial charge >= 0.3 is 5.97 Å². The van der Waals surface area contributed by atoms with Gasteiger partial charge in [0.25, 0.3) is 0 Å². The van der Waals surface area contributed by atoms with Gasteiger partial charge in [0.15, 0.2) is 17.3 Å². The number of carbonyl (C=O) groups is 1. The first-order chi connectivity index (χ1) is 13.5. The summed E-state index contributed by atoms with van der Waals surface area (Å²) in [6, 6.07) is 6.82. The average Bonchev–Trinajstić information content (AvgIpc) is 3.02. The molecule has 3 rings (SSSR count). The monoisotopic (exact) mass is 382 g/mol. The van der Waals surface area contributed by atoms with Gasteiger partial charge in [-0.3, -0.25) is 0 Å². The Hall–Kier alpha value is -3.80. The lowest BCUT2D eigenvalue weighted by Gasteiger charge is -2.10. The van der Waals surface area contributed by atoms with E-state index < -0.39 is 5.97 Å². The Morgan fingerprint density at radius 1 is 1.32 bits per heavy atom. The fourth-order valence-electron chi connectivity index (χ4n) is 2.70. The van der Waals surface area contributed by atoms with E-state index in [1.54, 1.807) is 32.0 Å². The number of hydrogen-bond acceptors (Lipinski definition) is 9. The Bertz CT molecular complexity index is 1080. The maximum absolute atomic E-state index is 12.2. The number of carbonyl (C=O) groups excluding carboxylic acids is 1. The number of aryl methyl sites for hydroxylation is 1. The second kappa shape index (κ2) is 7.84. The molecule has 0 aliphatic heterocycles. The van der Waals surface area contributed by atoms with Crippen molar-refractivity contribution in [3.05, 3.63) is 40.9 Å². The number of benzene rings is 1. The van der Waals surface area contributed by atoms with Crippen LogP contribution in [0, 0.1) is 18.3 Å². The van der Waals surface area contributed by atoms with Gasteiger partial charge < -0.3 is 24.4 Å². The molecule has 2 N–H and O–H groups in total. The van der Waals surface area contributed by atoms with E-state index in [2.05, 4.69) is 9.97 Å². The molecule has 0 saturated carbocycles. The fraction of sp³-hybridized carbons (Fsp3) is 0.263. The predicted octanol–water partition coefficient (Wildman–Crippen LogP) is 2.75. The second-order valence-electron chi connectivity index (χ2n) is 5.73. The zero-order valence-electron chi connectivity index (χ0n) is 15.6. The van der Waals surface area contributed by atoms with Crippen LogP contribution in [0.2, 0.25) is 0 Å². The lowest BCUT2D eigenvalue weighted by Crippen LogP contribution is -2.08. The highest BCUT2D eigenvalue weighted by Crippen LogP contribution is 2.31. The number of methoxy groups -OCH3 is 1. The van der Waals surface area contributed by atoms with Crippen LogP contribution in [0.5, 0.6) is 11.5 Å². The lowest BCUT2D eigenvalue weighted by atomic mass is 10.2. The Kier molecular flexibility index (Phi) is 5.31. The Balaban J connectivity index is 1.90. The highest BCUT2D eigenvalue weighted by Gasteiger charge is 2.24. The maximum Gasteiger partial charge on any atom is 0.342 e. The highest BCUT2D eigenvalue weighted by atomic mass is 16.5.